The molecular formula is C19H32N4O4S. The molecule has 0 bridgehead atoms. The highest BCUT2D eigenvalue weighted by atomic mass is 32.2. The largest absolute Gasteiger partial charge is 0.335 e. The van der Waals surface area contributed by atoms with Crippen LogP contribution < -0.4 is 16.0 Å². The summed E-state index contributed by atoms with van der Waals surface area (Å²) in [5.41, 5.74) is 0.843. The third-order valence-corrected chi connectivity index (χ3v) is 6.60. The predicted molar refractivity (Wildman–Crippen MR) is 109 cm³/mol. The molecule has 0 aromatic heterocycles. The number of rotatable bonds is 10. The van der Waals surface area contributed by atoms with Gasteiger partial charge in [-0.25, -0.2) is 13.2 Å². The Hall–Kier alpha value is -1.97. The van der Waals surface area contributed by atoms with Gasteiger partial charge in [-0.15, -0.1) is 0 Å². The van der Waals surface area contributed by atoms with Crippen molar-refractivity contribution in [3.05, 3.63) is 29.8 Å². The molecule has 3 N–H and O–H groups in total. The van der Waals surface area contributed by atoms with Crippen LogP contribution in [0.2, 0.25) is 0 Å². The zero-order valence-electron chi connectivity index (χ0n) is 17.3. The first kappa shape index (κ1) is 24.1. The van der Waals surface area contributed by atoms with E-state index in [4.69, 9.17) is 0 Å². The lowest BCUT2D eigenvalue weighted by Gasteiger charge is -2.19. The number of imide groups is 1. The van der Waals surface area contributed by atoms with Crippen molar-refractivity contribution in [2.75, 3.05) is 19.6 Å². The van der Waals surface area contributed by atoms with E-state index >= 15 is 0 Å². The van der Waals surface area contributed by atoms with Crippen LogP contribution in [0.1, 0.15) is 52.6 Å². The second kappa shape index (κ2) is 11.1. The smallest absolute Gasteiger partial charge is 0.321 e. The van der Waals surface area contributed by atoms with Gasteiger partial charge in [-0.3, -0.25) is 10.1 Å². The molecule has 2 atom stereocenters. The topological polar surface area (TPSA) is 108 Å². The third-order valence-electron chi connectivity index (χ3n) is 4.53. The van der Waals surface area contributed by atoms with Crippen molar-refractivity contribution in [3.8, 4) is 0 Å². The molecule has 1 rings (SSSR count). The van der Waals surface area contributed by atoms with Crippen molar-refractivity contribution in [2.24, 2.45) is 0 Å². The minimum absolute atomic E-state index is 0.00850. The van der Waals surface area contributed by atoms with Crippen LogP contribution in [0, 0.1) is 0 Å². The second-order valence-electron chi connectivity index (χ2n) is 6.59. The second-order valence-corrected chi connectivity index (χ2v) is 8.53. The van der Waals surface area contributed by atoms with Gasteiger partial charge < -0.3 is 10.6 Å². The Morgan fingerprint density at radius 3 is 2.11 bits per heavy atom. The SMILES string of the molecule is CC[C@@H](C)NC(=O)NC(=O)CN[C@H](C)c1ccc(S(=O)(=O)N(CC)CC)cc1. The summed E-state index contributed by atoms with van der Waals surface area (Å²) in [5, 5.41) is 7.95. The number of urea groups is 1. The standard InChI is InChI=1S/C19H32N4O4S/c1-6-14(4)21-19(25)22-18(24)13-20-15(5)16-9-11-17(12-10-16)28(26,27)23(7-2)8-3/h9-12,14-15,20H,6-8,13H2,1-5H3,(H2,21,22,24,25)/t14-,15-/m1/s1. The molecule has 1 aromatic carbocycles. The molecule has 0 aliphatic carbocycles. The van der Waals surface area contributed by atoms with Crippen LogP contribution in [0.25, 0.3) is 0 Å². The fraction of sp³-hybridized carbons (Fsp3) is 0.579. The number of carbonyl (C=O) groups excluding carboxylic acids is 2. The Kier molecular flexibility index (Phi) is 9.57. The van der Waals surface area contributed by atoms with Crippen LogP contribution in [0.3, 0.4) is 0 Å². The van der Waals surface area contributed by atoms with Gasteiger partial charge in [0.05, 0.1) is 11.4 Å². The summed E-state index contributed by atoms with van der Waals surface area (Å²) in [6.45, 7) is 10.1. The van der Waals surface area contributed by atoms with Crippen molar-refractivity contribution >= 4 is 22.0 Å². The molecule has 0 radical (unpaired) electrons. The van der Waals surface area contributed by atoms with Gasteiger partial charge in [0, 0.05) is 25.2 Å². The molecular weight excluding hydrogens is 380 g/mol. The van der Waals surface area contributed by atoms with Crippen LogP contribution in [0.4, 0.5) is 4.79 Å². The zero-order valence-corrected chi connectivity index (χ0v) is 18.1. The summed E-state index contributed by atoms with van der Waals surface area (Å²) in [6.07, 6.45) is 0.775. The first-order valence-corrected chi connectivity index (χ1v) is 11.0. The lowest BCUT2D eigenvalue weighted by Crippen LogP contribution is -2.46. The van der Waals surface area contributed by atoms with Crippen molar-refractivity contribution in [2.45, 2.75) is 58.0 Å². The van der Waals surface area contributed by atoms with Crippen LogP contribution in [-0.4, -0.2) is 50.3 Å². The van der Waals surface area contributed by atoms with Gasteiger partial charge in [-0.05, 0) is 38.0 Å². The van der Waals surface area contributed by atoms with Crippen molar-refractivity contribution in [1.29, 1.82) is 0 Å². The zero-order chi connectivity index (χ0) is 21.3. The van der Waals surface area contributed by atoms with Crippen molar-refractivity contribution in [1.82, 2.24) is 20.3 Å². The van der Waals surface area contributed by atoms with E-state index in [0.29, 0.717) is 13.1 Å². The first-order chi connectivity index (χ1) is 13.1. The monoisotopic (exact) mass is 412 g/mol. The molecule has 0 unspecified atom stereocenters. The lowest BCUT2D eigenvalue weighted by atomic mass is 10.1. The number of benzene rings is 1. The molecule has 28 heavy (non-hydrogen) atoms. The Balaban J connectivity index is 2.63. The average Bonchev–Trinajstić information content (AvgIpc) is 2.66. The van der Waals surface area contributed by atoms with E-state index in [9.17, 15) is 18.0 Å². The molecule has 0 heterocycles. The lowest BCUT2D eigenvalue weighted by molar-refractivity contribution is -0.119. The molecule has 8 nitrogen and oxygen atoms in total. The predicted octanol–water partition coefficient (Wildman–Crippen LogP) is 1.99. The third kappa shape index (κ3) is 6.88. The number of sulfonamides is 1. The molecule has 0 fully saturated rings. The quantitative estimate of drug-likeness (QED) is 0.545. The Morgan fingerprint density at radius 2 is 1.61 bits per heavy atom. The Bertz CT molecular complexity index is 746. The average molecular weight is 413 g/mol. The van der Waals surface area contributed by atoms with E-state index in [1.165, 1.54) is 4.31 Å². The number of nitrogens with zero attached hydrogens (tertiary/aromatic N) is 1. The van der Waals surface area contributed by atoms with Gasteiger partial charge in [0.1, 0.15) is 0 Å². The summed E-state index contributed by atoms with van der Waals surface area (Å²) in [6, 6.07) is 5.88. The van der Waals surface area contributed by atoms with E-state index in [-0.39, 0.29) is 23.5 Å². The first-order valence-electron chi connectivity index (χ1n) is 9.59. The summed E-state index contributed by atoms with van der Waals surface area (Å²) >= 11 is 0. The summed E-state index contributed by atoms with van der Waals surface area (Å²) < 4.78 is 26.4. The molecule has 3 amide bonds. The fourth-order valence-corrected chi connectivity index (χ4v) is 4.00. The number of hydrogen-bond acceptors (Lipinski definition) is 5. The highest BCUT2D eigenvalue weighted by molar-refractivity contribution is 7.89. The van der Waals surface area contributed by atoms with Gasteiger partial charge in [0.2, 0.25) is 15.9 Å². The van der Waals surface area contributed by atoms with Crippen molar-refractivity contribution < 1.29 is 18.0 Å². The fourth-order valence-electron chi connectivity index (χ4n) is 2.54. The molecule has 0 saturated heterocycles. The van der Waals surface area contributed by atoms with Gasteiger partial charge in [0.25, 0.3) is 0 Å². The van der Waals surface area contributed by atoms with Crippen LogP contribution in [0.15, 0.2) is 29.2 Å². The van der Waals surface area contributed by atoms with Gasteiger partial charge in [-0.2, -0.15) is 4.31 Å². The minimum atomic E-state index is -3.49. The van der Waals surface area contributed by atoms with Crippen molar-refractivity contribution in [3.63, 3.8) is 0 Å². The van der Waals surface area contributed by atoms with Crippen LogP contribution in [-0.2, 0) is 14.8 Å². The van der Waals surface area contributed by atoms with E-state index in [0.717, 1.165) is 12.0 Å². The van der Waals surface area contributed by atoms with Gasteiger partial charge in [0.15, 0.2) is 0 Å². The number of amides is 3. The molecule has 1 aromatic rings. The Labute approximate surface area is 168 Å². The molecule has 0 aliphatic heterocycles. The Morgan fingerprint density at radius 1 is 1.04 bits per heavy atom. The van der Waals surface area contributed by atoms with E-state index < -0.39 is 22.0 Å². The highest BCUT2D eigenvalue weighted by Crippen LogP contribution is 2.19. The number of carbonyl (C=O) groups is 2. The van der Waals surface area contributed by atoms with Crippen LogP contribution in [0.5, 0.6) is 0 Å². The summed E-state index contributed by atoms with van der Waals surface area (Å²) in [7, 11) is -3.49. The highest BCUT2D eigenvalue weighted by Gasteiger charge is 2.21. The summed E-state index contributed by atoms with van der Waals surface area (Å²) in [5.74, 6) is -0.437. The maximum atomic E-state index is 12.5. The molecule has 158 valence electrons. The summed E-state index contributed by atoms with van der Waals surface area (Å²) in [4.78, 5) is 23.8. The van der Waals surface area contributed by atoms with Gasteiger partial charge >= 0.3 is 6.03 Å². The van der Waals surface area contributed by atoms with Crippen LogP contribution >= 0.6 is 0 Å². The number of hydrogen-bond donors (Lipinski definition) is 3. The molecule has 0 aliphatic rings. The maximum absolute atomic E-state index is 12.5. The van der Waals surface area contributed by atoms with E-state index in [1.54, 1.807) is 38.1 Å². The maximum Gasteiger partial charge on any atom is 0.321 e. The molecule has 0 spiro atoms. The molecule has 0 saturated carbocycles. The van der Waals surface area contributed by atoms with E-state index in [2.05, 4.69) is 16.0 Å². The molecule has 9 heteroatoms. The normalized spacial score (nSPS) is 13.8. The number of nitrogens with one attached hydrogen (secondary N) is 3. The minimum Gasteiger partial charge on any atom is -0.335 e. The van der Waals surface area contributed by atoms with Gasteiger partial charge in [-0.1, -0.05) is 32.9 Å². The van der Waals surface area contributed by atoms with E-state index in [1.807, 2.05) is 20.8 Å².